The van der Waals surface area contributed by atoms with Gasteiger partial charge < -0.3 is 15.3 Å². The minimum atomic E-state index is -0.674. The van der Waals surface area contributed by atoms with Crippen LogP contribution in [0.3, 0.4) is 0 Å². The first kappa shape index (κ1) is 20.5. The fraction of sp³-hybridized carbons (Fsp3) is 0.500. The van der Waals surface area contributed by atoms with Gasteiger partial charge in [-0.05, 0) is 39.3 Å². The SMILES string of the molecule is CC1CCN1c1cc2nc(Nc3cnn(C4CN(CC(C)(C)O)C4)c3)ncc2cc1Cl. The first-order chi connectivity index (χ1) is 14.7. The topological polar surface area (TPSA) is 82.3 Å². The van der Waals surface area contributed by atoms with Crippen molar-refractivity contribution in [1.82, 2.24) is 24.6 Å². The number of hydrogen-bond donors (Lipinski definition) is 2. The van der Waals surface area contributed by atoms with Crippen LogP contribution in [-0.2, 0) is 0 Å². The molecule has 2 saturated heterocycles. The van der Waals surface area contributed by atoms with Crippen LogP contribution in [0, 0.1) is 0 Å². The first-order valence-electron chi connectivity index (χ1n) is 10.7. The zero-order valence-corrected chi connectivity index (χ0v) is 18.8. The Balaban J connectivity index is 1.28. The quantitative estimate of drug-likeness (QED) is 0.606. The summed E-state index contributed by atoms with van der Waals surface area (Å²) in [5.41, 5.74) is 2.08. The average molecular weight is 442 g/mol. The number of β-amino-alcohol motifs (C(OH)–C–C–N with tert-alkyl or cyclic N) is 1. The highest BCUT2D eigenvalue weighted by Gasteiger charge is 2.32. The lowest BCUT2D eigenvalue weighted by Crippen LogP contribution is -2.52. The Kier molecular flexibility index (Phi) is 5.03. The lowest BCUT2D eigenvalue weighted by atomic mass is 10.0. The Hall–Kier alpha value is -2.42. The second kappa shape index (κ2) is 7.62. The third-order valence-corrected chi connectivity index (χ3v) is 6.36. The van der Waals surface area contributed by atoms with E-state index in [9.17, 15) is 5.11 Å². The summed E-state index contributed by atoms with van der Waals surface area (Å²) in [5.74, 6) is 0.536. The van der Waals surface area contributed by atoms with E-state index in [1.54, 1.807) is 12.4 Å². The summed E-state index contributed by atoms with van der Waals surface area (Å²) in [6.45, 7) is 9.34. The monoisotopic (exact) mass is 441 g/mol. The van der Waals surface area contributed by atoms with Gasteiger partial charge >= 0.3 is 0 Å². The standard InChI is InChI=1S/C22H28ClN7O/c1-14-4-5-29(14)20-7-19-15(6-18(20)23)8-24-21(27-19)26-16-9-25-30(10-16)17-11-28(12-17)13-22(2,3)31/h6-10,14,17,31H,4-5,11-13H2,1-3H3,(H,24,26,27). The zero-order valence-electron chi connectivity index (χ0n) is 18.1. The highest BCUT2D eigenvalue weighted by molar-refractivity contribution is 6.34. The molecule has 0 amide bonds. The summed E-state index contributed by atoms with van der Waals surface area (Å²) >= 11 is 6.50. The second-order valence-corrected chi connectivity index (χ2v) is 9.79. The number of aromatic nitrogens is 4. The highest BCUT2D eigenvalue weighted by atomic mass is 35.5. The highest BCUT2D eigenvalue weighted by Crippen LogP contribution is 2.35. The maximum absolute atomic E-state index is 9.95. The normalized spacial score (nSPS) is 20.0. The molecule has 0 spiro atoms. The predicted molar refractivity (Wildman–Crippen MR) is 123 cm³/mol. The predicted octanol–water partition coefficient (Wildman–Crippen LogP) is 3.45. The van der Waals surface area contributed by atoms with Gasteiger partial charge in [-0.3, -0.25) is 9.58 Å². The minimum absolute atomic E-state index is 0.318. The number of nitrogens with one attached hydrogen (secondary N) is 1. The number of aliphatic hydroxyl groups is 1. The van der Waals surface area contributed by atoms with Gasteiger partial charge in [0.05, 0.1) is 39.8 Å². The summed E-state index contributed by atoms with van der Waals surface area (Å²) in [7, 11) is 0. The lowest BCUT2D eigenvalue weighted by molar-refractivity contribution is -0.00658. The second-order valence-electron chi connectivity index (χ2n) is 9.38. The number of likely N-dealkylation sites (tertiary alicyclic amines) is 1. The zero-order chi connectivity index (χ0) is 21.8. The van der Waals surface area contributed by atoms with Crippen LogP contribution < -0.4 is 10.2 Å². The number of fused-ring (bicyclic) bond motifs is 1. The van der Waals surface area contributed by atoms with Gasteiger partial charge in [0.2, 0.25) is 5.95 Å². The minimum Gasteiger partial charge on any atom is -0.389 e. The number of hydrogen-bond acceptors (Lipinski definition) is 7. The number of benzene rings is 1. The van der Waals surface area contributed by atoms with Crippen LogP contribution in [0.2, 0.25) is 5.02 Å². The van der Waals surface area contributed by atoms with E-state index in [2.05, 4.69) is 38.2 Å². The van der Waals surface area contributed by atoms with Crippen molar-refractivity contribution in [3.8, 4) is 0 Å². The molecule has 2 N–H and O–H groups in total. The van der Waals surface area contributed by atoms with E-state index in [1.165, 1.54) is 6.42 Å². The molecule has 4 heterocycles. The Bertz CT molecular complexity index is 1100. The smallest absolute Gasteiger partial charge is 0.227 e. The number of halogens is 1. The van der Waals surface area contributed by atoms with Crippen molar-refractivity contribution < 1.29 is 5.11 Å². The van der Waals surface area contributed by atoms with Gasteiger partial charge in [0, 0.05) is 50.0 Å². The van der Waals surface area contributed by atoms with E-state index in [-0.39, 0.29) is 0 Å². The largest absolute Gasteiger partial charge is 0.389 e. The molecule has 31 heavy (non-hydrogen) atoms. The van der Waals surface area contributed by atoms with Crippen LogP contribution >= 0.6 is 11.6 Å². The molecule has 0 radical (unpaired) electrons. The van der Waals surface area contributed by atoms with Crippen LogP contribution in [0.1, 0.15) is 33.2 Å². The van der Waals surface area contributed by atoms with E-state index in [4.69, 9.17) is 16.6 Å². The van der Waals surface area contributed by atoms with Gasteiger partial charge in [0.1, 0.15) is 0 Å². The molecule has 3 aromatic rings. The number of rotatable bonds is 6. The third kappa shape index (κ3) is 4.20. The lowest BCUT2D eigenvalue weighted by Gasteiger charge is -2.41. The fourth-order valence-electron chi connectivity index (χ4n) is 4.31. The molecule has 8 nitrogen and oxygen atoms in total. The van der Waals surface area contributed by atoms with Crippen LogP contribution in [0.25, 0.3) is 10.9 Å². The Morgan fingerprint density at radius 3 is 2.74 bits per heavy atom. The van der Waals surface area contributed by atoms with Gasteiger partial charge in [-0.15, -0.1) is 0 Å². The maximum Gasteiger partial charge on any atom is 0.227 e. The molecule has 2 aliphatic heterocycles. The molecule has 1 aromatic carbocycles. The van der Waals surface area contributed by atoms with Crippen molar-refractivity contribution in [3.63, 3.8) is 0 Å². The van der Waals surface area contributed by atoms with Crippen molar-refractivity contribution in [2.45, 2.75) is 44.9 Å². The molecule has 2 aliphatic rings. The van der Waals surface area contributed by atoms with Crippen LogP contribution in [0.15, 0.2) is 30.7 Å². The summed E-state index contributed by atoms with van der Waals surface area (Å²) in [6.07, 6.45) is 6.76. The van der Waals surface area contributed by atoms with Crippen LogP contribution in [0.5, 0.6) is 0 Å². The maximum atomic E-state index is 9.95. The fourth-order valence-corrected chi connectivity index (χ4v) is 4.59. The Labute approximate surface area is 186 Å². The summed E-state index contributed by atoms with van der Waals surface area (Å²) in [5, 5.41) is 19.4. The van der Waals surface area contributed by atoms with Crippen molar-refractivity contribution in [1.29, 1.82) is 0 Å². The van der Waals surface area contributed by atoms with Crippen molar-refractivity contribution in [3.05, 3.63) is 35.7 Å². The summed E-state index contributed by atoms with van der Waals surface area (Å²) < 4.78 is 1.97. The number of anilines is 3. The molecule has 1 atom stereocenters. The summed E-state index contributed by atoms with van der Waals surface area (Å²) in [4.78, 5) is 13.7. The van der Waals surface area contributed by atoms with E-state index in [0.29, 0.717) is 24.6 Å². The average Bonchev–Trinajstić information content (AvgIpc) is 3.11. The third-order valence-electron chi connectivity index (χ3n) is 6.06. The summed E-state index contributed by atoms with van der Waals surface area (Å²) in [6, 6.07) is 4.81. The first-order valence-corrected chi connectivity index (χ1v) is 11.1. The Morgan fingerprint density at radius 1 is 1.26 bits per heavy atom. The molecule has 164 valence electrons. The van der Waals surface area contributed by atoms with Crippen LogP contribution in [-0.4, -0.2) is 67.6 Å². The van der Waals surface area contributed by atoms with E-state index in [0.717, 1.165) is 46.9 Å². The van der Waals surface area contributed by atoms with Gasteiger partial charge in [-0.25, -0.2) is 9.97 Å². The van der Waals surface area contributed by atoms with Gasteiger partial charge in [0.25, 0.3) is 0 Å². The Morgan fingerprint density at radius 2 is 2.06 bits per heavy atom. The molecule has 1 unspecified atom stereocenters. The van der Waals surface area contributed by atoms with Gasteiger partial charge in [-0.1, -0.05) is 11.6 Å². The molecule has 0 aliphatic carbocycles. The molecule has 0 saturated carbocycles. The number of nitrogens with zero attached hydrogens (tertiary/aromatic N) is 6. The van der Waals surface area contributed by atoms with E-state index in [1.807, 2.05) is 30.8 Å². The molecule has 2 fully saturated rings. The molecule has 9 heteroatoms. The molecule has 2 aromatic heterocycles. The van der Waals surface area contributed by atoms with Crippen molar-refractivity contribution in [2.75, 3.05) is 36.4 Å². The molecule has 0 bridgehead atoms. The van der Waals surface area contributed by atoms with Crippen LogP contribution in [0.4, 0.5) is 17.3 Å². The van der Waals surface area contributed by atoms with E-state index >= 15 is 0 Å². The van der Waals surface area contributed by atoms with E-state index < -0.39 is 5.60 Å². The molecular weight excluding hydrogens is 414 g/mol. The van der Waals surface area contributed by atoms with Gasteiger partial charge in [0.15, 0.2) is 0 Å². The molecular formula is C22H28ClN7O. The van der Waals surface area contributed by atoms with Crippen molar-refractivity contribution >= 4 is 39.8 Å². The van der Waals surface area contributed by atoms with Gasteiger partial charge in [-0.2, -0.15) is 5.10 Å². The molecule has 5 rings (SSSR count). The van der Waals surface area contributed by atoms with Crippen molar-refractivity contribution in [2.24, 2.45) is 0 Å².